The molecule has 2 aliphatic heterocycles. The number of hydrogen-bond acceptors (Lipinski definition) is 12. The van der Waals surface area contributed by atoms with E-state index in [1.807, 2.05) is 84.9 Å². The topological polar surface area (TPSA) is 228 Å². The third-order valence-corrected chi connectivity index (χ3v) is 15.6. The molecule has 8 N–H and O–H groups in total. The van der Waals surface area contributed by atoms with Gasteiger partial charge in [0.05, 0.1) is 72.0 Å². The van der Waals surface area contributed by atoms with Crippen molar-refractivity contribution in [2.24, 2.45) is 0 Å². The van der Waals surface area contributed by atoms with Crippen molar-refractivity contribution in [3.63, 3.8) is 0 Å². The number of amides is 6. The molecule has 2 aliphatic rings. The lowest BCUT2D eigenvalue weighted by molar-refractivity contribution is -0.145. The zero-order valence-corrected chi connectivity index (χ0v) is 55.6. The van der Waals surface area contributed by atoms with Crippen LogP contribution in [0.15, 0.2) is 158 Å². The number of piperidine rings is 2. The molecular weight excluding hydrogens is 1360 g/mol. The van der Waals surface area contributed by atoms with Crippen LogP contribution in [0.5, 0.6) is 0 Å². The van der Waals surface area contributed by atoms with E-state index >= 15 is 0 Å². The molecule has 0 unspecified atom stereocenters. The van der Waals surface area contributed by atoms with Crippen molar-refractivity contribution in [1.82, 2.24) is 43.0 Å². The van der Waals surface area contributed by atoms with Crippen molar-refractivity contribution in [3.05, 3.63) is 213 Å². The van der Waals surface area contributed by atoms with Gasteiger partial charge in [0.25, 0.3) is 5.91 Å². The lowest BCUT2D eigenvalue weighted by Gasteiger charge is -2.42. The first-order valence-electron chi connectivity index (χ1n) is 31.2. The fourth-order valence-corrected chi connectivity index (χ4v) is 10.4. The zero-order chi connectivity index (χ0) is 73.5. The Kier molecular flexibility index (Phi) is 29.1. The molecule has 0 aromatic heterocycles. The lowest BCUT2D eigenvalue weighted by Crippen LogP contribution is -2.59. The maximum Gasteiger partial charge on any atom is 0.426 e. The quantitative estimate of drug-likeness (QED) is 0.0203. The standard InChI is InChI=1S/C32H34F6N4O4.C28H34F6N4O4.C9H9ClO2/c1-21(23-14-25(31(33,34)35)16-26(15-23)32(36,37)38)46-20-30(24-10-6-3-7-11-24)13-12-27(17-39-30)40-29(44)42-41-28(43)19-45-18-22-8-4-2-5-9-22;1-17(18-12-20(27(29,30)31)14-21(13-18)28(32,33)34)41-16-26(19-8-6-5-7-9-19)11-10-22(15-35-26)36-23(39)37-38-24(40)42-25(2,3)4;10-9(11)7-12-6-8-4-2-1-3-5-8/h2-11,14-16,21,27,39H,12-13,17-20H2,1H3,(H,41,43)(H2,40,42,44);5-9,12-14,17,22,35H,10-11,15-16H2,1-4H3,(H,38,40)(H2,36,37,39);1-5H,6-7H2/t21-,27+,30-;17-,22+,26-;/m11./s1. The number of halogens is 13. The van der Waals surface area contributed by atoms with Crippen molar-refractivity contribution < 1.29 is 100 Å². The summed E-state index contributed by atoms with van der Waals surface area (Å²) in [4.78, 5) is 58.7. The minimum atomic E-state index is -4.97. The van der Waals surface area contributed by atoms with Crippen molar-refractivity contribution in [2.75, 3.05) is 39.5 Å². The summed E-state index contributed by atoms with van der Waals surface area (Å²) < 4.78 is 188. The average Bonchev–Trinajstić information content (AvgIpc) is 0.812. The number of hydrogen-bond donors (Lipinski definition) is 8. The Balaban J connectivity index is 0.000000270. The second-order valence-corrected chi connectivity index (χ2v) is 24.8. The lowest BCUT2D eigenvalue weighted by atomic mass is 9.81. The van der Waals surface area contributed by atoms with Crippen LogP contribution >= 0.6 is 11.6 Å². The van der Waals surface area contributed by atoms with Crippen LogP contribution in [0.4, 0.5) is 67.1 Å². The summed E-state index contributed by atoms with van der Waals surface area (Å²) in [5.74, 6) is -0.551. The first-order valence-corrected chi connectivity index (χ1v) is 31.6. The third kappa shape index (κ3) is 26.5. The number of carbonyl (C=O) groups is 5. The molecule has 18 nitrogen and oxygen atoms in total. The molecule has 2 saturated heterocycles. The molecule has 0 spiro atoms. The smallest absolute Gasteiger partial charge is 0.426 e. The molecule has 6 atom stereocenters. The Labute approximate surface area is 574 Å². The summed E-state index contributed by atoms with van der Waals surface area (Å²) in [6, 6.07) is 37.8. The zero-order valence-electron chi connectivity index (χ0n) is 54.8. The van der Waals surface area contributed by atoms with Crippen LogP contribution in [-0.2, 0) is 82.3 Å². The predicted molar refractivity (Wildman–Crippen MR) is 344 cm³/mol. The molecule has 6 amide bonds. The van der Waals surface area contributed by atoms with E-state index in [0.717, 1.165) is 22.3 Å². The van der Waals surface area contributed by atoms with Gasteiger partial charge in [-0.3, -0.25) is 15.0 Å². The maximum atomic E-state index is 13.4. The minimum absolute atomic E-state index is 0.0313. The largest absolute Gasteiger partial charge is 0.443 e. The molecule has 2 heterocycles. The SMILES string of the molecule is C[C@@H](OC[C@@]1(c2ccccc2)CC[C@H](NC(=O)NNC(=O)COCc2ccccc2)CN1)c1cc(C(F)(F)F)cc(C(F)(F)F)c1.C[C@@H](OC[C@@]1(c2ccccc2)CC[C@H](NC(=O)NNC(=O)OC(C)(C)C)CN1)c1cc(C(F)(F)F)cc(C(F)(F)F)c1.O=C(Cl)COCc1ccccc1. The highest BCUT2D eigenvalue weighted by Gasteiger charge is 2.43. The minimum Gasteiger partial charge on any atom is -0.443 e. The van der Waals surface area contributed by atoms with Crippen LogP contribution in [-0.4, -0.2) is 86.5 Å². The molecule has 0 bridgehead atoms. The van der Waals surface area contributed by atoms with E-state index in [-0.39, 0.29) is 81.5 Å². The molecule has 544 valence electrons. The summed E-state index contributed by atoms with van der Waals surface area (Å²) in [6.07, 6.45) is -21.2. The van der Waals surface area contributed by atoms with E-state index in [1.165, 1.54) is 13.8 Å². The van der Waals surface area contributed by atoms with Gasteiger partial charge in [0.2, 0.25) is 5.24 Å². The Morgan fingerprint density at radius 2 is 0.830 bits per heavy atom. The molecule has 2 fully saturated rings. The number of benzene rings is 6. The number of urea groups is 2. The number of rotatable bonds is 20. The molecule has 100 heavy (non-hydrogen) atoms. The van der Waals surface area contributed by atoms with E-state index in [0.29, 0.717) is 56.6 Å². The van der Waals surface area contributed by atoms with Gasteiger partial charge in [0.15, 0.2) is 0 Å². The Morgan fingerprint density at radius 3 is 1.15 bits per heavy atom. The summed E-state index contributed by atoms with van der Waals surface area (Å²) in [5, 5.41) is 11.7. The first kappa shape index (κ1) is 80.5. The molecule has 6 aromatic carbocycles. The van der Waals surface area contributed by atoms with Gasteiger partial charge in [-0.1, -0.05) is 121 Å². The Morgan fingerprint density at radius 1 is 0.490 bits per heavy atom. The molecular formula is C69H77ClF12N8O10. The van der Waals surface area contributed by atoms with Crippen LogP contribution in [0.1, 0.15) is 128 Å². The molecule has 0 saturated carbocycles. The summed E-state index contributed by atoms with van der Waals surface area (Å²) in [6.45, 7) is 8.53. The van der Waals surface area contributed by atoms with Gasteiger partial charge < -0.3 is 45.0 Å². The van der Waals surface area contributed by atoms with E-state index < -0.39 is 105 Å². The number of carbonyl (C=O) groups excluding carboxylic acids is 5. The highest BCUT2D eigenvalue weighted by atomic mass is 35.5. The highest BCUT2D eigenvalue weighted by molar-refractivity contribution is 6.63. The third-order valence-electron chi connectivity index (χ3n) is 15.5. The summed E-state index contributed by atoms with van der Waals surface area (Å²) in [7, 11) is 0. The van der Waals surface area contributed by atoms with Gasteiger partial charge in [-0.2, -0.15) is 52.7 Å². The second kappa shape index (κ2) is 36.2. The normalized spacial score (nSPS) is 18.6. The summed E-state index contributed by atoms with van der Waals surface area (Å²) in [5.41, 5.74) is 3.81. The number of ether oxygens (including phenoxy) is 5. The van der Waals surface area contributed by atoms with Gasteiger partial charge in [-0.05, 0) is 142 Å². The maximum absolute atomic E-state index is 13.4. The van der Waals surface area contributed by atoms with Crippen molar-refractivity contribution >= 4 is 40.9 Å². The number of nitrogens with one attached hydrogen (secondary N) is 8. The monoisotopic (exact) mass is 1440 g/mol. The Hall–Kier alpha value is -8.52. The van der Waals surface area contributed by atoms with Gasteiger partial charge in [0, 0.05) is 25.2 Å². The Bertz CT molecular complexity index is 3510. The predicted octanol–water partition coefficient (Wildman–Crippen LogP) is 14.2. The van der Waals surface area contributed by atoms with Crippen LogP contribution < -0.4 is 43.0 Å². The van der Waals surface area contributed by atoms with Gasteiger partial charge in [-0.25, -0.2) is 30.7 Å². The van der Waals surface area contributed by atoms with Crippen LogP contribution in [0.3, 0.4) is 0 Å². The van der Waals surface area contributed by atoms with Gasteiger partial charge >= 0.3 is 42.9 Å². The number of alkyl halides is 12. The fourth-order valence-electron chi connectivity index (χ4n) is 10.4. The highest BCUT2D eigenvalue weighted by Crippen LogP contribution is 2.42. The van der Waals surface area contributed by atoms with Crippen molar-refractivity contribution in [2.45, 2.75) is 139 Å². The van der Waals surface area contributed by atoms with Crippen molar-refractivity contribution in [1.29, 1.82) is 0 Å². The van der Waals surface area contributed by atoms with Crippen molar-refractivity contribution in [3.8, 4) is 0 Å². The molecule has 0 aliphatic carbocycles. The van der Waals surface area contributed by atoms with Crippen LogP contribution in [0.25, 0.3) is 0 Å². The fraction of sp³-hybridized carbons (Fsp3) is 0.406. The first-order chi connectivity index (χ1) is 46.9. The van der Waals surface area contributed by atoms with E-state index in [2.05, 4.69) is 43.0 Å². The van der Waals surface area contributed by atoms with E-state index in [1.54, 1.807) is 57.2 Å². The van der Waals surface area contributed by atoms with Gasteiger partial charge in [0.1, 0.15) is 18.8 Å². The van der Waals surface area contributed by atoms with Crippen LogP contribution in [0, 0.1) is 0 Å². The summed E-state index contributed by atoms with van der Waals surface area (Å²) >= 11 is 5.08. The second-order valence-electron chi connectivity index (χ2n) is 24.4. The van der Waals surface area contributed by atoms with E-state index in [9.17, 15) is 76.7 Å². The van der Waals surface area contributed by atoms with E-state index in [4.69, 9.17) is 35.3 Å². The van der Waals surface area contributed by atoms with Crippen LogP contribution in [0.2, 0.25) is 0 Å². The van der Waals surface area contributed by atoms with Gasteiger partial charge in [-0.15, -0.1) is 0 Å². The molecule has 0 radical (unpaired) electrons. The number of hydrazine groups is 2. The molecule has 8 rings (SSSR count). The molecule has 31 heteroatoms. The molecule has 6 aromatic rings. The average molecular weight is 1440 g/mol.